The predicted molar refractivity (Wildman–Crippen MR) is 67.1 cm³/mol. The Kier molecular flexibility index (Phi) is 3.71. The Labute approximate surface area is 104 Å². The van der Waals surface area contributed by atoms with E-state index in [4.69, 9.17) is 28.5 Å². The van der Waals surface area contributed by atoms with Crippen LogP contribution in [0.5, 0.6) is 0 Å². The number of thiocarbonyl (C=S) groups is 1. The van der Waals surface area contributed by atoms with E-state index in [9.17, 15) is 0 Å². The standard InChI is InChI=1S/C8H15N7OS/c9-7-11-8(13-1-3-16-4-2-13)15(12-7)5-14(10)6-17/h6H,1-5,10H2,(H2,9,12). The van der Waals surface area contributed by atoms with Crippen LogP contribution in [0.25, 0.3) is 0 Å². The minimum Gasteiger partial charge on any atom is -0.378 e. The van der Waals surface area contributed by atoms with Gasteiger partial charge in [0.2, 0.25) is 11.9 Å². The van der Waals surface area contributed by atoms with Crippen molar-refractivity contribution in [2.24, 2.45) is 5.84 Å². The van der Waals surface area contributed by atoms with Gasteiger partial charge in [0.1, 0.15) is 6.67 Å². The number of aromatic nitrogens is 3. The van der Waals surface area contributed by atoms with Gasteiger partial charge in [0, 0.05) is 13.1 Å². The van der Waals surface area contributed by atoms with Crippen LogP contribution in [0.15, 0.2) is 0 Å². The molecule has 2 heterocycles. The van der Waals surface area contributed by atoms with E-state index in [1.54, 1.807) is 4.68 Å². The number of anilines is 2. The molecule has 9 heteroatoms. The molecular weight excluding hydrogens is 242 g/mol. The monoisotopic (exact) mass is 257 g/mol. The van der Waals surface area contributed by atoms with Crippen LogP contribution in [-0.4, -0.2) is 51.6 Å². The van der Waals surface area contributed by atoms with Crippen molar-refractivity contribution in [3.8, 4) is 0 Å². The molecule has 0 amide bonds. The number of nitrogens with two attached hydrogens (primary N) is 2. The summed E-state index contributed by atoms with van der Waals surface area (Å²) in [4.78, 5) is 6.25. The molecule has 1 aliphatic heterocycles. The van der Waals surface area contributed by atoms with Crippen molar-refractivity contribution >= 4 is 29.6 Å². The number of nitrogens with zero attached hydrogens (tertiary/aromatic N) is 5. The van der Waals surface area contributed by atoms with E-state index in [0.29, 0.717) is 25.8 Å². The molecule has 1 saturated heterocycles. The first kappa shape index (κ1) is 12.0. The number of hydrazine groups is 1. The third-order valence-corrected chi connectivity index (χ3v) is 2.67. The lowest BCUT2D eigenvalue weighted by Crippen LogP contribution is -2.39. The Balaban J connectivity index is 2.16. The van der Waals surface area contributed by atoms with Crippen LogP contribution in [-0.2, 0) is 11.4 Å². The molecule has 1 fully saturated rings. The fourth-order valence-corrected chi connectivity index (χ4v) is 1.70. The lowest BCUT2D eigenvalue weighted by molar-refractivity contribution is 0.121. The maximum Gasteiger partial charge on any atom is 0.241 e. The Bertz CT molecular complexity index is 389. The van der Waals surface area contributed by atoms with Crippen molar-refractivity contribution in [1.29, 1.82) is 0 Å². The molecule has 94 valence electrons. The minimum atomic E-state index is 0.226. The first-order chi connectivity index (χ1) is 8.20. The van der Waals surface area contributed by atoms with Gasteiger partial charge in [-0.2, -0.15) is 4.98 Å². The fraction of sp³-hybridized carbons (Fsp3) is 0.625. The fourth-order valence-electron chi connectivity index (χ4n) is 1.63. The first-order valence-corrected chi connectivity index (χ1v) is 5.67. The lowest BCUT2D eigenvalue weighted by Gasteiger charge is -2.27. The molecule has 17 heavy (non-hydrogen) atoms. The molecule has 0 aromatic carbocycles. The summed E-state index contributed by atoms with van der Waals surface area (Å²) in [7, 11) is 0. The maximum absolute atomic E-state index is 5.61. The SMILES string of the molecule is Nc1nc(N2CCOCC2)n(CN(N)C=S)n1. The van der Waals surface area contributed by atoms with Gasteiger partial charge in [-0.3, -0.25) is 5.01 Å². The summed E-state index contributed by atoms with van der Waals surface area (Å²) < 4.78 is 6.91. The first-order valence-electron chi connectivity index (χ1n) is 5.20. The highest BCUT2D eigenvalue weighted by molar-refractivity contribution is 7.78. The summed E-state index contributed by atoms with van der Waals surface area (Å²) in [6, 6.07) is 0. The van der Waals surface area contributed by atoms with Crippen LogP contribution in [0.4, 0.5) is 11.9 Å². The van der Waals surface area contributed by atoms with Crippen LogP contribution in [0, 0.1) is 0 Å². The van der Waals surface area contributed by atoms with Crippen molar-refractivity contribution in [2.75, 3.05) is 36.9 Å². The molecule has 1 aromatic rings. The third kappa shape index (κ3) is 2.81. The van der Waals surface area contributed by atoms with Crippen LogP contribution >= 0.6 is 12.2 Å². The van der Waals surface area contributed by atoms with Crippen molar-refractivity contribution in [3.63, 3.8) is 0 Å². The highest BCUT2D eigenvalue weighted by Crippen LogP contribution is 2.14. The van der Waals surface area contributed by atoms with Crippen molar-refractivity contribution in [1.82, 2.24) is 19.8 Å². The van der Waals surface area contributed by atoms with Crippen LogP contribution < -0.4 is 16.5 Å². The quantitative estimate of drug-likeness (QED) is 0.394. The second-order valence-electron chi connectivity index (χ2n) is 3.63. The van der Waals surface area contributed by atoms with Crippen molar-refractivity contribution < 1.29 is 4.74 Å². The van der Waals surface area contributed by atoms with Gasteiger partial charge in [-0.05, 0) is 0 Å². The van der Waals surface area contributed by atoms with Gasteiger partial charge in [0.25, 0.3) is 0 Å². The highest BCUT2D eigenvalue weighted by atomic mass is 32.1. The molecule has 4 N–H and O–H groups in total. The molecule has 2 rings (SSSR count). The molecule has 0 aliphatic carbocycles. The summed E-state index contributed by atoms with van der Waals surface area (Å²) in [5, 5.41) is 5.43. The summed E-state index contributed by atoms with van der Waals surface area (Å²) in [6.45, 7) is 3.19. The molecule has 1 aromatic heterocycles. The molecule has 0 unspecified atom stereocenters. The van der Waals surface area contributed by atoms with Gasteiger partial charge < -0.3 is 15.4 Å². The van der Waals surface area contributed by atoms with Crippen molar-refractivity contribution in [3.05, 3.63) is 0 Å². The van der Waals surface area contributed by atoms with E-state index >= 15 is 0 Å². The zero-order valence-electron chi connectivity index (χ0n) is 9.32. The number of hydrogen-bond acceptors (Lipinski definition) is 7. The summed E-state index contributed by atoms with van der Waals surface area (Å²) in [5.41, 5.74) is 6.95. The van der Waals surface area contributed by atoms with Gasteiger partial charge in [-0.15, -0.1) is 5.10 Å². The lowest BCUT2D eigenvalue weighted by atomic mass is 10.4. The number of morpholine rings is 1. The van der Waals surface area contributed by atoms with Gasteiger partial charge >= 0.3 is 0 Å². The second kappa shape index (κ2) is 5.25. The molecule has 0 saturated carbocycles. The third-order valence-electron chi connectivity index (χ3n) is 2.40. The second-order valence-corrected chi connectivity index (χ2v) is 3.84. The van der Waals surface area contributed by atoms with E-state index < -0.39 is 0 Å². The van der Waals surface area contributed by atoms with Crippen LogP contribution in [0.3, 0.4) is 0 Å². The number of rotatable bonds is 4. The van der Waals surface area contributed by atoms with Gasteiger partial charge in [0.15, 0.2) is 0 Å². The smallest absolute Gasteiger partial charge is 0.241 e. The van der Waals surface area contributed by atoms with E-state index in [2.05, 4.69) is 15.0 Å². The summed E-state index contributed by atoms with van der Waals surface area (Å²) in [5.74, 6) is 6.53. The largest absolute Gasteiger partial charge is 0.378 e. The van der Waals surface area contributed by atoms with Gasteiger partial charge in [-0.1, -0.05) is 12.2 Å². The molecule has 1 aliphatic rings. The normalized spacial score (nSPS) is 15.9. The molecule has 0 atom stereocenters. The topological polar surface area (TPSA) is 98.5 Å². The Morgan fingerprint density at radius 2 is 2.18 bits per heavy atom. The number of hydrogen-bond donors (Lipinski definition) is 2. The minimum absolute atomic E-state index is 0.226. The van der Waals surface area contributed by atoms with Crippen molar-refractivity contribution in [2.45, 2.75) is 6.67 Å². The Morgan fingerprint density at radius 3 is 2.82 bits per heavy atom. The van der Waals surface area contributed by atoms with Gasteiger partial charge in [0.05, 0.1) is 18.7 Å². The average Bonchev–Trinajstić information content (AvgIpc) is 2.71. The zero-order valence-corrected chi connectivity index (χ0v) is 10.1. The molecule has 0 bridgehead atoms. The number of nitrogen functional groups attached to an aromatic ring is 1. The van der Waals surface area contributed by atoms with E-state index in [1.807, 2.05) is 0 Å². The summed E-state index contributed by atoms with van der Waals surface area (Å²) >= 11 is 4.73. The van der Waals surface area contributed by atoms with E-state index in [0.717, 1.165) is 13.1 Å². The average molecular weight is 257 g/mol. The molecule has 0 spiro atoms. The van der Waals surface area contributed by atoms with E-state index in [-0.39, 0.29) is 5.95 Å². The molecule has 0 radical (unpaired) electrons. The van der Waals surface area contributed by atoms with E-state index in [1.165, 1.54) is 10.5 Å². The van der Waals surface area contributed by atoms with Crippen LogP contribution in [0.1, 0.15) is 0 Å². The molecule has 8 nitrogen and oxygen atoms in total. The zero-order chi connectivity index (χ0) is 12.3. The highest BCUT2D eigenvalue weighted by Gasteiger charge is 2.18. The Hall–Kier alpha value is -1.45. The molecular formula is C8H15N7OS. The predicted octanol–water partition coefficient (Wildman–Crippen LogP) is -1.21. The van der Waals surface area contributed by atoms with Gasteiger partial charge in [-0.25, -0.2) is 10.5 Å². The summed E-state index contributed by atoms with van der Waals surface area (Å²) in [6.07, 6.45) is 0. The van der Waals surface area contributed by atoms with Crippen LogP contribution in [0.2, 0.25) is 0 Å². The number of ether oxygens (including phenoxy) is 1. The maximum atomic E-state index is 5.61. The Morgan fingerprint density at radius 1 is 1.47 bits per heavy atom.